The molecule has 4 aliphatic carbocycles. The predicted octanol–water partition coefficient (Wildman–Crippen LogP) is 4.43. The average molecular weight is 371 g/mol. The molecule has 6 atom stereocenters. The second kappa shape index (κ2) is 4.65. The minimum Gasteiger partial charge on any atom is -0.274 e. The molecule has 1 saturated heterocycles. The monoisotopic (exact) mass is 369 g/mol. The fourth-order valence-electron chi connectivity index (χ4n) is 5.46. The number of amides is 2. The van der Waals surface area contributed by atoms with Crippen molar-refractivity contribution < 1.29 is 9.59 Å². The van der Waals surface area contributed by atoms with Crippen LogP contribution < -0.4 is 4.90 Å². The zero-order valence-corrected chi connectivity index (χ0v) is 14.4. The molecule has 6 heteroatoms. The summed E-state index contributed by atoms with van der Waals surface area (Å²) in [5.74, 6) is 1.68. The molecule has 120 valence electrons. The van der Waals surface area contributed by atoms with Crippen LogP contribution in [0, 0.1) is 35.5 Å². The number of rotatable bonds is 1. The van der Waals surface area contributed by atoms with Gasteiger partial charge in [-0.05, 0) is 55.1 Å². The zero-order valence-electron chi connectivity index (χ0n) is 12.1. The van der Waals surface area contributed by atoms with E-state index in [1.54, 1.807) is 12.1 Å². The summed E-state index contributed by atoms with van der Waals surface area (Å²) in [6.45, 7) is 0. The number of fused-ring (bicyclic) bond motifs is 1. The second-order valence-electron chi connectivity index (χ2n) is 7.26. The van der Waals surface area contributed by atoms with Crippen molar-refractivity contribution in [3.63, 3.8) is 0 Å². The minimum atomic E-state index is -0.141. The maximum atomic E-state index is 13.0. The molecule has 1 aromatic rings. The van der Waals surface area contributed by atoms with Crippen LogP contribution in [0.25, 0.3) is 0 Å². The van der Waals surface area contributed by atoms with Crippen molar-refractivity contribution in [3.8, 4) is 0 Å². The molecule has 5 fully saturated rings. The van der Waals surface area contributed by atoms with Crippen LogP contribution in [0.3, 0.4) is 0 Å². The SMILES string of the molecule is O=C1C2C3CCC(C4CC43)C2C(=O)N1c1cc(Cl)c(Cl)c(Cl)c1. The lowest BCUT2D eigenvalue weighted by atomic mass is 9.59. The number of benzene rings is 1. The fourth-order valence-corrected chi connectivity index (χ4v) is 6.05. The highest BCUT2D eigenvalue weighted by Gasteiger charge is 2.68. The standard InChI is InChI=1S/C17H14Cl3NO2/c18-11-3-6(4-12(19)15(11)20)21-16(22)13-7-1-2-8(10-5-9(7)10)14(13)17(21)23/h3-4,7-10,13-14H,1-2,5H2. The molecule has 5 aliphatic rings. The Morgan fingerprint density at radius 2 is 1.30 bits per heavy atom. The Balaban J connectivity index is 1.58. The quantitative estimate of drug-likeness (QED) is 0.542. The van der Waals surface area contributed by atoms with E-state index in [9.17, 15) is 9.59 Å². The van der Waals surface area contributed by atoms with Crippen molar-refractivity contribution in [3.05, 3.63) is 27.2 Å². The lowest BCUT2D eigenvalue weighted by Crippen LogP contribution is -2.43. The van der Waals surface area contributed by atoms with Gasteiger partial charge in [0.2, 0.25) is 11.8 Å². The van der Waals surface area contributed by atoms with E-state index in [2.05, 4.69) is 0 Å². The summed E-state index contributed by atoms with van der Waals surface area (Å²) in [6.07, 6.45) is 3.38. The number of imide groups is 1. The number of anilines is 1. The Morgan fingerprint density at radius 1 is 0.826 bits per heavy atom. The van der Waals surface area contributed by atoms with Crippen LogP contribution in [0.5, 0.6) is 0 Å². The van der Waals surface area contributed by atoms with Gasteiger partial charge in [0.15, 0.2) is 0 Å². The third-order valence-corrected chi connectivity index (χ3v) is 7.57. The van der Waals surface area contributed by atoms with Crippen LogP contribution in [0.2, 0.25) is 15.1 Å². The molecule has 0 N–H and O–H groups in total. The average Bonchev–Trinajstić information content (AvgIpc) is 3.29. The molecule has 6 rings (SSSR count). The van der Waals surface area contributed by atoms with E-state index in [1.165, 1.54) is 11.3 Å². The van der Waals surface area contributed by atoms with Crippen LogP contribution in [0.1, 0.15) is 19.3 Å². The van der Waals surface area contributed by atoms with Crippen molar-refractivity contribution in [1.29, 1.82) is 0 Å². The number of hydrogen-bond donors (Lipinski definition) is 0. The van der Waals surface area contributed by atoms with E-state index in [0.29, 0.717) is 29.4 Å². The molecule has 3 nitrogen and oxygen atoms in total. The molecule has 2 amide bonds. The van der Waals surface area contributed by atoms with E-state index < -0.39 is 0 Å². The lowest BCUT2D eigenvalue weighted by molar-refractivity contribution is -0.129. The summed E-state index contributed by atoms with van der Waals surface area (Å²) < 4.78 is 0. The highest BCUT2D eigenvalue weighted by molar-refractivity contribution is 6.48. The smallest absolute Gasteiger partial charge is 0.237 e. The van der Waals surface area contributed by atoms with Gasteiger partial charge >= 0.3 is 0 Å². The van der Waals surface area contributed by atoms with Crippen LogP contribution in [-0.2, 0) is 9.59 Å². The molecule has 1 aromatic carbocycles. The summed E-state index contributed by atoms with van der Waals surface area (Å²) in [4.78, 5) is 27.3. The molecule has 0 radical (unpaired) electrons. The number of nitrogens with zero attached hydrogens (tertiary/aromatic N) is 1. The molecule has 0 spiro atoms. The van der Waals surface area contributed by atoms with Gasteiger partial charge in [0.25, 0.3) is 0 Å². The summed E-state index contributed by atoms with van der Waals surface area (Å²) >= 11 is 18.1. The van der Waals surface area contributed by atoms with Gasteiger partial charge in [0.1, 0.15) is 0 Å². The normalized spacial score (nSPS) is 40.4. The molecular weight excluding hydrogens is 357 g/mol. The van der Waals surface area contributed by atoms with Crippen LogP contribution in [-0.4, -0.2) is 11.8 Å². The molecule has 0 aromatic heterocycles. The fraction of sp³-hybridized carbons (Fsp3) is 0.529. The first-order chi connectivity index (χ1) is 11.0. The van der Waals surface area contributed by atoms with Crippen LogP contribution >= 0.6 is 34.8 Å². The summed E-state index contributed by atoms with van der Waals surface area (Å²) in [7, 11) is 0. The van der Waals surface area contributed by atoms with Crippen molar-refractivity contribution in [2.24, 2.45) is 35.5 Å². The topological polar surface area (TPSA) is 37.4 Å². The first-order valence-electron chi connectivity index (χ1n) is 8.01. The number of halogens is 3. The Morgan fingerprint density at radius 3 is 1.78 bits per heavy atom. The third kappa shape index (κ3) is 1.79. The Kier molecular flexibility index (Phi) is 2.94. The van der Waals surface area contributed by atoms with Crippen molar-refractivity contribution >= 4 is 52.3 Å². The van der Waals surface area contributed by atoms with E-state index >= 15 is 0 Å². The zero-order chi connectivity index (χ0) is 16.0. The van der Waals surface area contributed by atoms with Gasteiger partial charge in [0, 0.05) is 0 Å². The maximum Gasteiger partial charge on any atom is 0.237 e. The first kappa shape index (κ1) is 14.6. The Labute approximate surface area is 148 Å². The number of carbonyl (C=O) groups excluding carboxylic acids is 2. The third-order valence-electron chi connectivity index (χ3n) is 6.37. The molecule has 1 heterocycles. The van der Waals surface area contributed by atoms with Gasteiger partial charge in [-0.25, -0.2) is 4.90 Å². The minimum absolute atomic E-state index is 0.0745. The molecule has 1 aliphatic heterocycles. The van der Waals surface area contributed by atoms with Crippen LogP contribution in [0.15, 0.2) is 12.1 Å². The second-order valence-corrected chi connectivity index (χ2v) is 8.45. The Hall–Kier alpha value is -0.770. The van der Waals surface area contributed by atoms with E-state index in [1.807, 2.05) is 0 Å². The Bertz CT molecular complexity index is 707. The highest BCUT2D eigenvalue weighted by atomic mass is 35.5. The first-order valence-corrected chi connectivity index (χ1v) is 9.14. The maximum absolute atomic E-state index is 13.0. The molecule has 2 bridgehead atoms. The largest absolute Gasteiger partial charge is 0.274 e. The summed E-state index contributed by atoms with van der Waals surface area (Å²) in [5, 5.41) is 0.765. The van der Waals surface area contributed by atoms with Gasteiger partial charge in [0.05, 0.1) is 32.6 Å². The van der Waals surface area contributed by atoms with E-state index in [4.69, 9.17) is 34.8 Å². The van der Waals surface area contributed by atoms with E-state index in [-0.39, 0.29) is 38.7 Å². The van der Waals surface area contributed by atoms with Crippen LogP contribution in [0.4, 0.5) is 5.69 Å². The number of carbonyl (C=O) groups is 2. The molecule has 4 saturated carbocycles. The summed E-state index contributed by atoms with van der Waals surface area (Å²) in [5.41, 5.74) is 0.446. The van der Waals surface area contributed by atoms with Gasteiger partial charge in [-0.3, -0.25) is 9.59 Å². The molecular formula is C17H14Cl3NO2. The van der Waals surface area contributed by atoms with Crippen molar-refractivity contribution in [2.75, 3.05) is 4.90 Å². The van der Waals surface area contributed by atoms with Gasteiger partial charge in [-0.2, -0.15) is 0 Å². The lowest BCUT2D eigenvalue weighted by Gasteiger charge is -2.42. The molecule has 23 heavy (non-hydrogen) atoms. The summed E-state index contributed by atoms with van der Waals surface area (Å²) in [6, 6.07) is 3.12. The van der Waals surface area contributed by atoms with Crippen molar-refractivity contribution in [2.45, 2.75) is 19.3 Å². The van der Waals surface area contributed by atoms with Gasteiger partial charge in [-0.1, -0.05) is 34.8 Å². The molecule has 6 unspecified atom stereocenters. The van der Waals surface area contributed by atoms with E-state index in [0.717, 1.165) is 12.8 Å². The number of hydrogen-bond acceptors (Lipinski definition) is 2. The van der Waals surface area contributed by atoms with Gasteiger partial charge < -0.3 is 0 Å². The highest BCUT2D eigenvalue weighted by Crippen LogP contribution is 2.68. The van der Waals surface area contributed by atoms with Gasteiger partial charge in [-0.15, -0.1) is 0 Å². The van der Waals surface area contributed by atoms with Crippen molar-refractivity contribution in [1.82, 2.24) is 0 Å². The predicted molar refractivity (Wildman–Crippen MR) is 88.8 cm³/mol.